The summed E-state index contributed by atoms with van der Waals surface area (Å²) in [5, 5.41) is 109. The van der Waals surface area contributed by atoms with Crippen molar-refractivity contribution in [1.29, 1.82) is 0 Å². The Morgan fingerprint density at radius 3 is 1.15 bits per heavy atom. The van der Waals surface area contributed by atoms with Crippen LogP contribution in [0.4, 0.5) is 0 Å². The molecule has 10 N–H and O–H groups in total. The van der Waals surface area contributed by atoms with Crippen LogP contribution in [0.3, 0.4) is 0 Å². The number of hydrogen-bond acceptors (Lipinski definition) is 14. The maximum Gasteiger partial charge on any atom is 0.208 e. The van der Waals surface area contributed by atoms with E-state index in [0.29, 0.717) is 22.5 Å². The molecular formula is C45H28BN3O10S. The van der Waals surface area contributed by atoms with Crippen LogP contribution in [0.2, 0.25) is 0 Å². The lowest BCUT2D eigenvalue weighted by Crippen LogP contribution is -2.07. The van der Waals surface area contributed by atoms with Crippen molar-refractivity contribution >= 4 is 44.8 Å². The van der Waals surface area contributed by atoms with E-state index < -0.39 is 74.1 Å². The first-order chi connectivity index (χ1) is 28.8. The van der Waals surface area contributed by atoms with Gasteiger partial charge in [0.25, 0.3) is 0 Å². The van der Waals surface area contributed by atoms with Gasteiger partial charge in [-0.1, -0.05) is 109 Å². The summed E-state index contributed by atoms with van der Waals surface area (Å²) in [6.07, 6.45) is 0. The molecule has 0 unspecified atom stereocenters. The summed E-state index contributed by atoms with van der Waals surface area (Å²) in [6, 6.07) is 34.3. The first kappa shape index (κ1) is 37.4. The minimum absolute atomic E-state index is 0.0658. The van der Waals surface area contributed by atoms with Crippen LogP contribution < -0.4 is 5.46 Å². The third kappa shape index (κ3) is 5.74. The second-order valence-electron chi connectivity index (χ2n) is 13.7. The molecule has 0 amide bonds. The van der Waals surface area contributed by atoms with Crippen LogP contribution in [0.15, 0.2) is 109 Å². The molecular weight excluding hydrogens is 785 g/mol. The molecule has 0 bridgehead atoms. The Hall–Kier alpha value is -8.17. The molecule has 7 aromatic carbocycles. The van der Waals surface area contributed by atoms with Crippen molar-refractivity contribution in [2.75, 3.05) is 0 Å². The van der Waals surface area contributed by atoms with Crippen LogP contribution >= 0.6 is 11.3 Å². The monoisotopic (exact) mass is 813 g/mol. The van der Waals surface area contributed by atoms with Crippen LogP contribution in [0.1, 0.15) is 0 Å². The van der Waals surface area contributed by atoms with Crippen molar-refractivity contribution in [3.8, 4) is 125 Å². The lowest BCUT2D eigenvalue weighted by atomic mass is 9.88. The van der Waals surface area contributed by atoms with Gasteiger partial charge in [0.15, 0.2) is 40.5 Å². The van der Waals surface area contributed by atoms with E-state index in [1.807, 2.05) is 109 Å². The number of nitrogens with zero attached hydrogens (tertiary/aromatic N) is 3. The second-order valence-corrected chi connectivity index (χ2v) is 14.7. The fraction of sp³-hybridized carbons (Fsp3) is 0. The smallest absolute Gasteiger partial charge is 0.208 e. The summed E-state index contributed by atoms with van der Waals surface area (Å²) in [6.45, 7) is 0. The van der Waals surface area contributed by atoms with Crippen molar-refractivity contribution < 1.29 is 51.1 Å². The van der Waals surface area contributed by atoms with Gasteiger partial charge in [0.1, 0.15) is 19.3 Å². The molecule has 0 spiro atoms. The zero-order valence-corrected chi connectivity index (χ0v) is 31.5. The van der Waals surface area contributed by atoms with Gasteiger partial charge in [-0.15, -0.1) is 11.3 Å². The number of rotatable bonds is 6. The number of aromatic hydroxyl groups is 10. The highest BCUT2D eigenvalue weighted by Crippen LogP contribution is 2.63. The number of fused-ring (bicyclic) bond motifs is 3. The maximum atomic E-state index is 11.7. The van der Waals surface area contributed by atoms with E-state index in [0.717, 1.165) is 22.3 Å². The molecule has 0 aliphatic rings. The van der Waals surface area contributed by atoms with Crippen molar-refractivity contribution in [1.82, 2.24) is 15.0 Å². The summed E-state index contributed by atoms with van der Waals surface area (Å²) >= 11 is 0.659. The van der Waals surface area contributed by atoms with Crippen LogP contribution in [0.25, 0.3) is 87.7 Å². The Labute approximate surface area is 344 Å². The van der Waals surface area contributed by atoms with Gasteiger partial charge in [0.05, 0.1) is 31.5 Å². The number of benzene rings is 7. The number of hydrogen-bond donors (Lipinski definition) is 10. The van der Waals surface area contributed by atoms with E-state index in [1.165, 1.54) is 0 Å². The lowest BCUT2D eigenvalue weighted by molar-refractivity contribution is 0.329. The van der Waals surface area contributed by atoms with Crippen LogP contribution in [0.5, 0.6) is 57.5 Å². The maximum absolute atomic E-state index is 11.7. The van der Waals surface area contributed by atoms with Crippen LogP contribution in [-0.4, -0.2) is 73.9 Å². The van der Waals surface area contributed by atoms with E-state index in [2.05, 4.69) is 0 Å². The quantitative estimate of drug-likeness (QED) is 0.0434. The third-order valence-electron chi connectivity index (χ3n) is 10.2. The van der Waals surface area contributed by atoms with E-state index in [1.54, 1.807) is 0 Å². The van der Waals surface area contributed by atoms with E-state index in [-0.39, 0.29) is 43.2 Å². The number of phenolic OH excluding ortho intramolecular Hbond substituents is 10. The van der Waals surface area contributed by atoms with Crippen molar-refractivity contribution in [2.45, 2.75) is 0 Å². The van der Waals surface area contributed by atoms with E-state index >= 15 is 0 Å². The van der Waals surface area contributed by atoms with Gasteiger partial charge in [-0.2, -0.15) is 0 Å². The Bertz CT molecular complexity index is 3070. The zero-order chi connectivity index (χ0) is 42.1. The molecule has 13 nitrogen and oxygen atoms in total. The topological polar surface area (TPSA) is 241 Å². The number of phenols is 10. The highest BCUT2D eigenvalue weighted by atomic mass is 32.1. The zero-order valence-electron chi connectivity index (χ0n) is 30.7. The van der Waals surface area contributed by atoms with Gasteiger partial charge >= 0.3 is 0 Å². The molecule has 0 fully saturated rings. The summed E-state index contributed by atoms with van der Waals surface area (Å²) in [7, 11) is 6.32. The molecule has 2 radical (unpaired) electrons. The molecule has 9 aromatic rings. The van der Waals surface area contributed by atoms with Crippen LogP contribution in [0, 0.1) is 0 Å². The van der Waals surface area contributed by atoms with Crippen molar-refractivity contribution in [2.24, 2.45) is 0 Å². The normalized spacial score (nSPS) is 11.4. The standard InChI is InChI=1S/C45H28BN3O10S/c46-30-31(50)27-28-36(55)37(56)35(54)26(25-33(52)38(57)40(59)39(58)34(25)53)41(28)60-42(27)29(32(30)51)45-48-43(23-15-11-21(12-16-23)19-7-3-1-4-8-19)47-44(49-45)24-17-13-22(14-18-24)20-9-5-2-6-10-20/h1-18,50-59H. The van der Waals surface area contributed by atoms with Gasteiger partial charge in [-0.3, -0.25) is 0 Å². The van der Waals surface area contributed by atoms with Gasteiger partial charge in [0.2, 0.25) is 23.0 Å². The molecule has 0 saturated heterocycles. The average molecular weight is 814 g/mol. The minimum atomic E-state index is -1.29. The third-order valence-corrected chi connectivity index (χ3v) is 11.5. The minimum Gasteiger partial charge on any atom is -0.508 e. The fourth-order valence-electron chi connectivity index (χ4n) is 7.17. The van der Waals surface area contributed by atoms with Gasteiger partial charge < -0.3 is 51.1 Å². The van der Waals surface area contributed by atoms with Crippen LogP contribution in [-0.2, 0) is 0 Å². The second kappa shape index (κ2) is 14.0. The number of aromatic nitrogens is 3. The molecule has 2 aromatic heterocycles. The Morgan fingerprint density at radius 1 is 0.317 bits per heavy atom. The SMILES string of the molecule is [B]c1c(O)c(-c2nc(-c3ccc(-c4ccccc4)cc3)nc(-c3ccc(-c4ccccc4)cc3)n2)c2sc3c(-c4c(O)c(O)c(O)c(O)c4O)c(O)c(O)c(O)c3c2c1O. The first-order valence-electron chi connectivity index (χ1n) is 18.0. The Kier molecular flexibility index (Phi) is 8.75. The van der Waals surface area contributed by atoms with Gasteiger partial charge in [0, 0.05) is 16.5 Å². The van der Waals surface area contributed by atoms with E-state index in [4.69, 9.17) is 22.8 Å². The van der Waals surface area contributed by atoms with Crippen molar-refractivity contribution in [3.63, 3.8) is 0 Å². The fourth-order valence-corrected chi connectivity index (χ4v) is 8.57. The molecule has 2 heterocycles. The first-order valence-corrected chi connectivity index (χ1v) is 18.8. The summed E-state index contributed by atoms with van der Waals surface area (Å²) in [4.78, 5) is 14.4. The molecule has 9 rings (SSSR count). The molecule has 60 heavy (non-hydrogen) atoms. The predicted octanol–water partition coefficient (Wildman–Crippen LogP) is 8.09. The molecule has 292 valence electrons. The molecule has 0 aliphatic carbocycles. The molecule has 0 atom stereocenters. The van der Waals surface area contributed by atoms with Crippen molar-refractivity contribution in [3.05, 3.63) is 109 Å². The Balaban J connectivity index is 1.33. The average Bonchev–Trinajstić information content (AvgIpc) is 3.68. The number of thiophene rings is 1. The molecule has 0 aliphatic heterocycles. The predicted molar refractivity (Wildman–Crippen MR) is 227 cm³/mol. The Morgan fingerprint density at radius 2 is 0.667 bits per heavy atom. The summed E-state index contributed by atoms with van der Waals surface area (Å²) < 4.78 is -0.333. The molecule has 15 heteroatoms. The highest BCUT2D eigenvalue weighted by Gasteiger charge is 2.34. The van der Waals surface area contributed by atoms with Gasteiger partial charge in [-0.25, -0.2) is 15.0 Å². The largest absolute Gasteiger partial charge is 0.508 e. The summed E-state index contributed by atoms with van der Waals surface area (Å²) in [5.74, 6) is -10.9. The summed E-state index contributed by atoms with van der Waals surface area (Å²) in [5.41, 5.74) is 2.66. The molecule has 0 saturated carbocycles. The highest BCUT2D eigenvalue weighted by molar-refractivity contribution is 7.27. The van der Waals surface area contributed by atoms with E-state index in [9.17, 15) is 51.1 Å². The lowest BCUT2D eigenvalue weighted by Gasteiger charge is -2.16. The van der Waals surface area contributed by atoms with Gasteiger partial charge in [-0.05, 0) is 27.7 Å².